The number of alkyl halides is 1. The van der Waals surface area contributed by atoms with Crippen LogP contribution in [0.1, 0.15) is 6.42 Å². The van der Waals surface area contributed by atoms with Crippen LogP contribution in [0.3, 0.4) is 0 Å². The molecule has 1 fully saturated rings. The van der Waals surface area contributed by atoms with E-state index in [-0.39, 0.29) is 18.1 Å². The molecule has 1 aromatic heterocycles. The summed E-state index contributed by atoms with van der Waals surface area (Å²) in [5.74, 6) is -0.853. The second-order valence-corrected chi connectivity index (χ2v) is 6.01. The van der Waals surface area contributed by atoms with E-state index < -0.39 is 11.6 Å². The Kier molecular flexibility index (Phi) is 3.88. The Morgan fingerprint density at radius 1 is 1.45 bits per heavy atom. The van der Waals surface area contributed by atoms with E-state index in [2.05, 4.69) is 10.3 Å². The van der Waals surface area contributed by atoms with E-state index in [0.717, 1.165) is 15.3 Å². The van der Waals surface area contributed by atoms with Gasteiger partial charge in [-0.05, 0) is 12.1 Å². The zero-order chi connectivity index (χ0) is 15.6. The molecule has 2 aromatic rings. The fourth-order valence-corrected chi connectivity index (χ4v) is 3.20. The molecule has 2 heterocycles. The Balaban J connectivity index is 1.88. The molecule has 1 atom stereocenters. The topological polar surface area (TPSA) is 69.0 Å². The van der Waals surface area contributed by atoms with Crippen molar-refractivity contribution in [2.24, 2.45) is 0 Å². The van der Waals surface area contributed by atoms with Crippen molar-refractivity contribution in [3.05, 3.63) is 36.5 Å². The summed E-state index contributed by atoms with van der Waals surface area (Å²) in [5, 5.41) is 12.2. The van der Waals surface area contributed by atoms with Gasteiger partial charge >= 0.3 is 0 Å². The van der Waals surface area contributed by atoms with Crippen LogP contribution in [-0.4, -0.2) is 29.6 Å². The Labute approximate surface area is 131 Å². The number of nitrogens with one attached hydrogen (secondary N) is 1. The largest absolute Gasteiger partial charge is 0.313 e. The third kappa shape index (κ3) is 2.58. The molecule has 112 valence electrons. The third-order valence-electron chi connectivity index (χ3n) is 3.53. The molecular formula is C15H13FN4OS. The van der Waals surface area contributed by atoms with Crippen molar-refractivity contribution in [2.75, 3.05) is 18.0 Å². The Bertz CT molecular complexity index is 719. The monoisotopic (exact) mass is 316 g/mol. The van der Waals surface area contributed by atoms with Crippen LogP contribution in [0, 0.1) is 11.5 Å². The summed E-state index contributed by atoms with van der Waals surface area (Å²) in [4.78, 5) is 18.0. The third-order valence-corrected chi connectivity index (χ3v) is 4.56. The minimum absolute atomic E-state index is 0.0685. The van der Waals surface area contributed by atoms with Crippen LogP contribution >= 0.6 is 11.3 Å². The molecule has 0 radical (unpaired) electrons. The normalized spacial score (nSPS) is 20.5. The predicted octanol–water partition coefficient (Wildman–Crippen LogP) is 2.33. The molecule has 3 rings (SSSR count). The van der Waals surface area contributed by atoms with Crippen molar-refractivity contribution >= 4 is 22.4 Å². The number of carbonyl (C=O) groups excluding carboxylic acids is 1. The van der Waals surface area contributed by atoms with Gasteiger partial charge in [0.1, 0.15) is 0 Å². The van der Waals surface area contributed by atoms with Crippen LogP contribution in [0.15, 0.2) is 36.5 Å². The molecule has 0 bridgehead atoms. The van der Waals surface area contributed by atoms with Gasteiger partial charge in [0.15, 0.2) is 6.19 Å². The number of carbonyl (C=O) groups is 1. The summed E-state index contributed by atoms with van der Waals surface area (Å²) in [6.07, 6.45) is 3.41. The Morgan fingerprint density at radius 3 is 2.86 bits per heavy atom. The van der Waals surface area contributed by atoms with E-state index in [1.54, 1.807) is 12.4 Å². The molecule has 5 nitrogen and oxygen atoms in total. The minimum Gasteiger partial charge on any atom is -0.313 e. The minimum atomic E-state index is -2.03. The van der Waals surface area contributed by atoms with Gasteiger partial charge in [0.25, 0.3) is 5.91 Å². The number of thiazole rings is 1. The van der Waals surface area contributed by atoms with E-state index >= 15 is 0 Å². The van der Waals surface area contributed by atoms with Crippen LogP contribution in [0.25, 0.3) is 10.4 Å². The smallest absolute Gasteiger partial charge is 0.281 e. The zero-order valence-corrected chi connectivity index (χ0v) is 12.4. The van der Waals surface area contributed by atoms with Crippen molar-refractivity contribution in [1.29, 1.82) is 5.26 Å². The van der Waals surface area contributed by atoms with Gasteiger partial charge < -0.3 is 5.32 Å². The maximum Gasteiger partial charge on any atom is 0.281 e. The first-order valence-corrected chi connectivity index (χ1v) is 7.61. The van der Waals surface area contributed by atoms with Crippen LogP contribution in [-0.2, 0) is 4.79 Å². The van der Waals surface area contributed by atoms with Gasteiger partial charge in [-0.15, -0.1) is 0 Å². The average molecular weight is 316 g/mol. The Morgan fingerprint density at radius 2 is 2.23 bits per heavy atom. The molecule has 0 aliphatic carbocycles. The zero-order valence-electron chi connectivity index (χ0n) is 11.6. The van der Waals surface area contributed by atoms with E-state index in [1.807, 2.05) is 30.3 Å². The SMILES string of the molecule is N#CN(C(=O)[C@@]1(F)CCNC1)c1ncc(-c2ccccc2)s1. The molecule has 0 saturated carbocycles. The lowest BCUT2D eigenvalue weighted by atomic mass is 10.0. The van der Waals surface area contributed by atoms with E-state index in [4.69, 9.17) is 0 Å². The highest BCUT2D eigenvalue weighted by Gasteiger charge is 2.45. The highest BCUT2D eigenvalue weighted by atomic mass is 32.1. The number of rotatable bonds is 3. The number of hydrogen-bond acceptors (Lipinski definition) is 5. The lowest BCUT2D eigenvalue weighted by Gasteiger charge is -2.20. The summed E-state index contributed by atoms with van der Waals surface area (Å²) in [7, 11) is 0. The highest BCUT2D eigenvalue weighted by molar-refractivity contribution is 7.19. The summed E-state index contributed by atoms with van der Waals surface area (Å²) in [6, 6.07) is 9.50. The van der Waals surface area contributed by atoms with Gasteiger partial charge in [0, 0.05) is 19.2 Å². The van der Waals surface area contributed by atoms with Crippen LogP contribution in [0.4, 0.5) is 9.52 Å². The quantitative estimate of drug-likeness (QED) is 0.697. The second kappa shape index (κ2) is 5.83. The number of nitrogens with zero attached hydrogens (tertiary/aromatic N) is 3. The number of anilines is 1. The van der Waals surface area contributed by atoms with Crippen molar-refractivity contribution in [1.82, 2.24) is 10.3 Å². The van der Waals surface area contributed by atoms with Crippen LogP contribution in [0.2, 0.25) is 0 Å². The molecule has 7 heteroatoms. The second-order valence-electron chi connectivity index (χ2n) is 5.01. The number of amides is 1. The van der Waals surface area contributed by atoms with Gasteiger partial charge in [-0.1, -0.05) is 41.7 Å². The standard InChI is InChI=1S/C15H13FN4OS/c16-15(6-7-18-9-15)13(21)20(10-17)14-19-8-12(22-14)11-4-2-1-3-5-11/h1-5,8,18H,6-7,9H2/t15-/m1/s1. The molecule has 1 saturated heterocycles. The van der Waals surface area contributed by atoms with Gasteiger partial charge in [0.05, 0.1) is 4.88 Å². The van der Waals surface area contributed by atoms with Gasteiger partial charge in [-0.2, -0.15) is 10.2 Å². The van der Waals surface area contributed by atoms with Gasteiger partial charge in [-0.3, -0.25) is 4.79 Å². The number of nitriles is 1. The molecule has 1 aliphatic rings. The van der Waals surface area contributed by atoms with E-state index in [0.29, 0.717) is 6.54 Å². The van der Waals surface area contributed by atoms with Crippen molar-refractivity contribution in [3.8, 4) is 16.6 Å². The van der Waals surface area contributed by atoms with Crippen molar-refractivity contribution < 1.29 is 9.18 Å². The lowest BCUT2D eigenvalue weighted by molar-refractivity contribution is -0.128. The maximum absolute atomic E-state index is 14.5. The summed E-state index contributed by atoms with van der Waals surface area (Å²) in [5.41, 5.74) is -1.09. The summed E-state index contributed by atoms with van der Waals surface area (Å²) < 4.78 is 14.5. The molecule has 1 N–H and O–H groups in total. The molecular weight excluding hydrogens is 303 g/mol. The van der Waals surface area contributed by atoms with Gasteiger partial charge in [-0.25, -0.2) is 9.37 Å². The molecule has 1 amide bonds. The number of aromatic nitrogens is 1. The van der Waals surface area contributed by atoms with E-state index in [9.17, 15) is 14.4 Å². The van der Waals surface area contributed by atoms with Crippen molar-refractivity contribution in [2.45, 2.75) is 12.1 Å². The maximum atomic E-state index is 14.5. The lowest BCUT2D eigenvalue weighted by Crippen LogP contribution is -2.45. The average Bonchev–Trinajstić information content (AvgIpc) is 3.19. The van der Waals surface area contributed by atoms with E-state index in [1.165, 1.54) is 11.3 Å². The predicted molar refractivity (Wildman–Crippen MR) is 82.0 cm³/mol. The highest BCUT2D eigenvalue weighted by Crippen LogP contribution is 2.33. The first-order valence-electron chi connectivity index (χ1n) is 6.79. The van der Waals surface area contributed by atoms with Gasteiger partial charge in [0.2, 0.25) is 10.8 Å². The van der Waals surface area contributed by atoms with Crippen molar-refractivity contribution in [3.63, 3.8) is 0 Å². The molecule has 22 heavy (non-hydrogen) atoms. The first kappa shape index (κ1) is 14.6. The molecule has 0 unspecified atom stereocenters. The number of halogens is 1. The number of benzene rings is 1. The molecule has 1 aliphatic heterocycles. The molecule has 1 aromatic carbocycles. The fourth-order valence-electron chi connectivity index (χ4n) is 2.32. The first-order chi connectivity index (χ1) is 10.6. The number of hydrogen-bond donors (Lipinski definition) is 1. The fraction of sp³-hybridized carbons (Fsp3) is 0.267. The Hall–Kier alpha value is -2.30. The van der Waals surface area contributed by atoms with Crippen LogP contribution < -0.4 is 10.2 Å². The molecule has 0 spiro atoms. The summed E-state index contributed by atoms with van der Waals surface area (Å²) >= 11 is 1.19. The summed E-state index contributed by atoms with van der Waals surface area (Å²) in [6.45, 7) is 0.357. The van der Waals surface area contributed by atoms with Crippen LogP contribution in [0.5, 0.6) is 0 Å².